The fourth-order valence-corrected chi connectivity index (χ4v) is 3.83. The summed E-state index contributed by atoms with van der Waals surface area (Å²) in [5, 5.41) is 28.5. The average molecular weight is 561 g/mol. The Morgan fingerprint density at radius 2 is 1.70 bits per heavy atom. The van der Waals surface area contributed by atoms with E-state index in [9.17, 15) is 32.6 Å². The van der Waals surface area contributed by atoms with Crippen LogP contribution in [0.3, 0.4) is 0 Å². The van der Waals surface area contributed by atoms with Crippen molar-refractivity contribution in [1.82, 2.24) is 29.1 Å². The van der Waals surface area contributed by atoms with E-state index in [0.717, 1.165) is 21.5 Å². The van der Waals surface area contributed by atoms with Crippen LogP contribution in [0.1, 0.15) is 24.7 Å². The molecule has 2 aromatic carbocycles. The summed E-state index contributed by atoms with van der Waals surface area (Å²) < 4.78 is 55.7. The van der Waals surface area contributed by atoms with Gasteiger partial charge in [-0.05, 0) is 49.4 Å². The molecule has 0 aliphatic heterocycles. The number of hydrogen-bond donors (Lipinski definition) is 2. The van der Waals surface area contributed by atoms with E-state index in [1.165, 1.54) is 37.3 Å². The fraction of sp³-hybridized carbons (Fsp3) is 0.273. The summed E-state index contributed by atoms with van der Waals surface area (Å²) in [7, 11) is 0. The van der Waals surface area contributed by atoms with E-state index in [-0.39, 0.29) is 33.7 Å². The van der Waals surface area contributed by atoms with E-state index in [1.807, 2.05) is 0 Å². The van der Waals surface area contributed by atoms with Gasteiger partial charge in [0.25, 0.3) is 0 Å². The van der Waals surface area contributed by atoms with Crippen LogP contribution in [0.4, 0.5) is 17.6 Å². The molecule has 0 spiro atoms. The molecule has 0 amide bonds. The minimum atomic E-state index is -4.97. The van der Waals surface area contributed by atoms with Gasteiger partial charge in [-0.3, -0.25) is 4.57 Å². The molecule has 37 heavy (non-hydrogen) atoms. The largest absolute Gasteiger partial charge is 0.416 e. The molecule has 0 fully saturated rings. The Balaban J connectivity index is 1.78. The maximum atomic E-state index is 13.9. The van der Waals surface area contributed by atoms with E-state index in [2.05, 4.69) is 15.2 Å². The molecular weight excluding hydrogens is 543 g/mol. The third-order valence-corrected chi connectivity index (χ3v) is 5.66. The first-order chi connectivity index (χ1) is 17.3. The van der Waals surface area contributed by atoms with Crippen LogP contribution in [0.2, 0.25) is 10.0 Å². The topological polar surface area (TPSA) is 111 Å². The van der Waals surface area contributed by atoms with Crippen LogP contribution in [-0.2, 0) is 13.1 Å². The molecule has 0 aliphatic carbocycles. The van der Waals surface area contributed by atoms with Gasteiger partial charge in [0.05, 0.1) is 12.2 Å². The van der Waals surface area contributed by atoms with Gasteiger partial charge in [-0.25, -0.2) is 23.5 Å². The number of rotatable bonds is 7. The van der Waals surface area contributed by atoms with Crippen LogP contribution in [0, 0.1) is 5.82 Å². The quantitative estimate of drug-likeness (QED) is 0.333. The maximum absolute atomic E-state index is 13.9. The highest BCUT2D eigenvalue weighted by Crippen LogP contribution is 2.25. The summed E-state index contributed by atoms with van der Waals surface area (Å²) >= 11 is 11.8. The van der Waals surface area contributed by atoms with Gasteiger partial charge in [0, 0.05) is 15.6 Å². The molecule has 0 aliphatic rings. The minimum Gasteiger partial charge on any atom is -0.385 e. The summed E-state index contributed by atoms with van der Waals surface area (Å²) in [5.41, 5.74) is -0.558. The summed E-state index contributed by atoms with van der Waals surface area (Å²) in [6.45, 7) is -0.129. The first-order valence-corrected chi connectivity index (χ1v) is 11.4. The molecule has 9 nitrogen and oxygen atoms in total. The predicted octanol–water partition coefficient (Wildman–Crippen LogP) is 3.76. The highest BCUT2D eigenvalue weighted by atomic mass is 35.5. The molecule has 0 saturated heterocycles. The number of nitrogens with zero attached hydrogens (tertiary/aromatic N) is 6. The highest BCUT2D eigenvalue weighted by Gasteiger charge is 2.39. The molecule has 1 unspecified atom stereocenters. The number of aliphatic hydroxyl groups excluding tert-OH is 2. The second kappa shape index (κ2) is 10.2. The van der Waals surface area contributed by atoms with E-state index in [0.29, 0.717) is 9.59 Å². The zero-order chi connectivity index (χ0) is 27.1. The zero-order valence-corrected chi connectivity index (χ0v) is 20.4. The van der Waals surface area contributed by atoms with E-state index in [4.69, 9.17) is 23.2 Å². The Kier molecular flexibility index (Phi) is 7.42. The summed E-state index contributed by atoms with van der Waals surface area (Å²) in [4.78, 5) is 17.2. The lowest BCUT2D eigenvalue weighted by atomic mass is 10.2. The fourth-order valence-electron chi connectivity index (χ4n) is 3.49. The Hall–Kier alpha value is -3.26. The van der Waals surface area contributed by atoms with Crippen molar-refractivity contribution in [3.8, 4) is 17.1 Å². The first-order valence-electron chi connectivity index (χ1n) is 10.6. The van der Waals surface area contributed by atoms with Gasteiger partial charge < -0.3 is 10.2 Å². The standard InChI is InChI=1S/C22H18Cl2F4N6O3/c1-11(35)19-29-18(30-34(19)16-7-14(24)6-15(25)8-16)10-33-21(37)32(9-17(36)22(26,27)28)20(31-33)12-2-4-13(23)5-3-12/h2-8,11,17,35-36H,9-10H2,1H3/t11?,17-/m0/s1. The van der Waals surface area contributed by atoms with Gasteiger partial charge in [-0.15, -0.1) is 10.2 Å². The molecule has 15 heteroatoms. The summed E-state index contributed by atoms with van der Waals surface area (Å²) in [6.07, 6.45) is -8.97. The van der Waals surface area contributed by atoms with E-state index < -0.39 is 43.0 Å². The molecule has 0 saturated carbocycles. The van der Waals surface area contributed by atoms with E-state index >= 15 is 0 Å². The maximum Gasteiger partial charge on any atom is 0.416 e. The summed E-state index contributed by atoms with van der Waals surface area (Å²) in [5.74, 6) is -0.879. The lowest BCUT2D eigenvalue weighted by Gasteiger charge is -2.15. The number of alkyl halides is 3. The van der Waals surface area contributed by atoms with Crippen molar-refractivity contribution in [2.75, 3.05) is 0 Å². The molecule has 196 valence electrons. The van der Waals surface area contributed by atoms with Gasteiger partial charge >= 0.3 is 11.9 Å². The van der Waals surface area contributed by atoms with Crippen LogP contribution < -0.4 is 5.69 Å². The van der Waals surface area contributed by atoms with Gasteiger partial charge in [0.1, 0.15) is 18.5 Å². The highest BCUT2D eigenvalue weighted by molar-refractivity contribution is 6.31. The molecule has 2 atom stereocenters. The molecular formula is C22H18Cl2F4N6O3. The summed E-state index contributed by atoms with van der Waals surface area (Å²) in [6, 6.07) is 9.40. The van der Waals surface area contributed by atoms with Gasteiger partial charge in [-0.1, -0.05) is 23.2 Å². The van der Waals surface area contributed by atoms with Crippen molar-refractivity contribution in [2.45, 2.75) is 38.4 Å². The Morgan fingerprint density at radius 3 is 2.30 bits per heavy atom. The molecule has 0 radical (unpaired) electrons. The smallest absolute Gasteiger partial charge is 0.385 e. The number of aromatic nitrogens is 6. The molecule has 0 bridgehead atoms. The predicted molar refractivity (Wildman–Crippen MR) is 125 cm³/mol. The van der Waals surface area contributed by atoms with Crippen LogP contribution in [-0.4, -0.2) is 51.6 Å². The lowest BCUT2D eigenvalue weighted by Crippen LogP contribution is -2.37. The van der Waals surface area contributed by atoms with Crippen molar-refractivity contribution in [2.24, 2.45) is 0 Å². The number of hydrogen-bond acceptors (Lipinski definition) is 6. The second-order valence-corrected chi connectivity index (χ2v) is 8.91. The van der Waals surface area contributed by atoms with Crippen molar-refractivity contribution in [3.63, 3.8) is 0 Å². The zero-order valence-electron chi connectivity index (χ0n) is 18.9. The number of aliphatic hydroxyl groups is 2. The van der Waals surface area contributed by atoms with Crippen LogP contribution >= 0.6 is 23.2 Å². The van der Waals surface area contributed by atoms with Crippen LogP contribution in [0.5, 0.6) is 0 Å². The Morgan fingerprint density at radius 1 is 1.03 bits per heavy atom. The van der Waals surface area contributed by atoms with E-state index in [1.54, 1.807) is 0 Å². The second-order valence-electron chi connectivity index (χ2n) is 8.04. The third kappa shape index (κ3) is 5.85. The van der Waals surface area contributed by atoms with Crippen molar-refractivity contribution < 1.29 is 27.8 Å². The molecule has 2 heterocycles. The Labute approximate surface area is 216 Å². The SMILES string of the molecule is CC(O)c1nc(Cn2nc(-c3ccc(Cl)cc3)n(C[C@H](O)C(F)(F)F)c2=O)nn1-c1cc(F)cc(Cl)c1. The van der Waals surface area contributed by atoms with Gasteiger partial charge in [0.15, 0.2) is 23.6 Å². The molecule has 4 rings (SSSR count). The minimum absolute atomic E-state index is 0.00503. The van der Waals surface area contributed by atoms with Crippen molar-refractivity contribution in [3.05, 3.63) is 80.5 Å². The molecule has 4 aromatic rings. The van der Waals surface area contributed by atoms with Gasteiger partial charge in [-0.2, -0.15) is 13.2 Å². The molecule has 2 aromatic heterocycles. The lowest BCUT2D eigenvalue weighted by molar-refractivity contribution is -0.207. The average Bonchev–Trinajstić information content (AvgIpc) is 3.36. The Bertz CT molecular complexity index is 1460. The normalized spacial score (nSPS) is 13.6. The number of benzene rings is 2. The van der Waals surface area contributed by atoms with Gasteiger partial charge in [0.2, 0.25) is 0 Å². The number of halogens is 6. The van der Waals surface area contributed by atoms with Crippen molar-refractivity contribution >= 4 is 23.2 Å². The first kappa shape index (κ1) is 26.8. The van der Waals surface area contributed by atoms with Crippen LogP contribution in [0.15, 0.2) is 47.3 Å². The molecule has 2 N–H and O–H groups in total. The van der Waals surface area contributed by atoms with Crippen LogP contribution in [0.25, 0.3) is 17.1 Å². The third-order valence-electron chi connectivity index (χ3n) is 5.19. The monoisotopic (exact) mass is 560 g/mol. The van der Waals surface area contributed by atoms with Crippen molar-refractivity contribution in [1.29, 1.82) is 0 Å².